The maximum absolute atomic E-state index is 6.74. The van der Waals surface area contributed by atoms with E-state index in [4.69, 9.17) is 11.1 Å². The third-order valence-electron chi connectivity index (χ3n) is 0.644. The van der Waals surface area contributed by atoms with Gasteiger partial charge < -0.3 is 11.1 Å². The molecule has 0 aromatic carbocycles. The van der Waals surface area contributed by atoms with E-state index >= 15 is 0 Å². The van der Waals surface area contributed by atoms with Crippen molar-refractivity contribution in [3.05, 3.63) is 0 Å². The summed E-state index contributed by atoms with van der Waals surface area (Å²) in [4.78, 5) is 0. The Morgan fingerprint density at radius 3 is 2.38 bits per heavy atom. The van der Waals surface area contributed by atoms with Gasteiger partial charge in [0.15, 0.2) is 0 Å². The van der Waals surface area contributed by atoms with Gasteiger partial charge in [-0.1, -0.05) is 0 Å². The predicted molar refractivity (Wildman–Crippen MR) is 37.7 cm³/mol. The lowest BCUT2D eigenvalue weighted by atomic mass is 10.4. The van der Waals surface area contributed by atoms with Crippen molar-refractivity contribution < 1.29 is 0 Å². The van der Waals surface area contributed by atoms with Gasteiger partial charge in [-0.2, -0.15) is 0 Å². The fourth-order valence-corrected chi connectivity index (χ4v) is 0.260. The Kier molecular flexibility index (Phi) is 8.95. The molecule has 0 heterocycles. The van der Waals surface area contributed by atoms with Gasteiger partial charge in [0.05, 0.1) is 5.84 Å². The lowest BCUT2D eigenvalue weighted by Gasteiger charge is -1.92. The summed E-state index contributed by atoms with van der Waals surface area (Å²) < 4.78 is 0. The molecule has 4 N–H and O–H groups in total. The highest BCUT2D eigenvalue weighted by atomic mass is 35.5. The zero-order valence-corrected chi connectivity index (χ0v) is 5.72. The Bertz CT molecular complexity index is 64.3. The van der Waals surface area contributed by atoms with Crippen LogP contribution in [-0.2, 0) is 0 Å². The first-order valence-electron chi connectivity index (χ1n) is 2.25. The van der Waals surface area contributed by atoms with Crippen LogP contribution in [0.3, 0.4) is 0 Å². The molecule has 0 fully saturated rings. The van der Waals surface area contributed by atoms with E-state index in [1.54, 1.807) is 0 Å². The number of nitrogens with one attached hydrogen (secondary N) is 2. The average Bonchev–Trinajstić information content (AvgIpc) is 1.61. The van der Waals surface area contributed by atoms with Crippen LogP contribution in [0.5, 0.6) is 0 Å². The molecule has 50 valence electrons. The minimum Gasteiger partial charge on any atom is -0.388 e. The van der Waals surface area contributed by atoms with Crippen LogP contribution in [0.1, 0.15) is 6.42 Å². The Balaban J connectivity index is 0. The summed E-state index contributed by atoms with van der Waals surface area (Å²) in [5.41, 5.74) is 5.02. The molecule has 0 spiro atoms. The molecule has 4 heteroatoms. The summed E-state index contributed by atoms with van der Waals surface area (Å²) in [6.45, 7) is 0.801. The van der Waals surface area contributed by atoms with Gasteiger partial charge in [0.2, 0.25) is 0 Å². The van der Waals surface area contributed by atoms with Crippen LogP contribution in [0.25, 0.3) is 0 Å². The molecule has 0 atom stereocenters. The first kappa shape index (κ1) is 10.7. The lowest BCUT2D eigenvalue weighted by molar-refractivity contribution is 0.819. The van der Waals surface area contributed by atoms with Crippen LogP contribution in [0.4, 0.5) is 0 Å². The van der Waals surface area contributed by atoms with Crippen LogP contribution in [0.2, 0.25) is 0 Å². The highest BCUT2D eigenvalue weighted by molar-refractivity contribution is 5.85. The molecule has 0 aromatic heterocycles. The third kappa shape index (κ3) is 9.21. The van der Waals surface area contributed by atoms with E-state index in [2.05, 4.69) is 5.32 Å². The Morgan fingerprint density at radius 2 is 2.25 bits per heavy atom. The van der Waals surface area contributed by atoms with Crippen molar-refractivity contribution in [3.8, 4) is 0 Å². The van der Waals surface area contributed by atoms with E-state index in [-0.39, 0.29) is 18.2 Å². The summed E-state index contributed by atoms with van der Waals surface area (Å²) in [6, 6.07) is 0. The zero-order valence-electron chi connectivity index (χ0n) is 4.90. The van der Waals surface area contributed by atoms with Gasteiger partial charge in [-0.25, -0.2) is 0 Å². The van der Waals surface area contributed by atoms with Crippen LogP contribution in [0, 0.1) is 5.41 Å². The van der Waals surface area contributed by atoms with Gasteiger partial charge in [-0.3, -0.25) is 5.41 Å². The third-order valence-corrected chi connectivity index (χ3v) is 0.644. The summed E-state index contributed by atoms with van der Waals surface area (Å²) in [7, 11) is 1.84. The summed E-state index contributed by atoms with van der Waals surface area (Å²) in [5, 5.41) is 9.61. The minimum absolute atomic E-state index is 0. The maximum atomic E-state index is 6.74. The Hall–Kier alpha value is -0.280. The van der Waals surface area contributed by atoms with Crippen LogP contribution in [0.15, 0.2) is 0 Å². The molecular formula is C4H12ClN3. The van der Waals surface area contributed by atoms with Crippen molar-refractivity contribution in [2.45, 2.75) is 6.42 Å². The monoisotopic (exact) mass is 137 g/mol. The van der Waals surface area contributed by atoms with Crippen molar-refractivity contribution in [2.75, 3.05) is 13.6 Å². The highest BCUT2D eigenvalue weighted by Gasteiger charge is 1.82. The van der Waals surface area contributed by atoms with Crippen LogP contribution in [-0.4, -0.2) is 19.4 Å². The summed E-state index contributed by atoms with van der Waals surface area (Å²) in [6.07, 6.45) is 0.649. The molecule has 0 aliphatic heterocycles. The maximum Gasteiger partial charge on any atom is 0.0918 e. The van der Waals surface area contributed by atoms with Crippen molar-refractivity contribution in [3.63, 3.8) is 0 Å². The van der Waals surface area contributed by atoms with Crippen molar-refractivity contribution >= 4 is 18.2 Å². The predicted octanol–water partition coefficient (Wildman–Crippen LogP) is -0.0463. The normalized spacial score (nSPS) is 7.62. The second-order valence-corrected chi connectivity index (χ2v) is 1.38. The van der Waals surface area contributed by atoms with Gasteiger partial charge in [0.25, 0.3) is 0 Å². The summed E-state index contributed by atoms with van der Waals surface area (Å²) >= 11 is 0. The molecule has 0 saturated heterocycles. The van der Waals surface area contributed by atoms with E-state index in [1.807, 2.05) is 7.05 Å². The van der Waals surface area contributed by atoms with Crippen molar-refractivity contribution in [1.82, 2.24) is 5.32 Å². The van der Waals surface area contributed by atoms with Gasteiger partial charge in [0, 0.05) is 13.0 Å². The number of hydrogen-bond donors (Lipinski definition) is 3. The SMILES string of the molecule is CNCCC(=N)N.Cl. The highest BCUT2D eigenvalue weighted by Crippen LogP contribution is 1.68. The molecule has 3 nitrogen and oxygen atoms in total. The van der Waals surface area contributed by atoms with E-state index in [9.17, 15) is 0 Å². The fraction of sp³-hybridized carbons (Fsp3) is 0.750. The molecule has 0 bridgehead atoms. The lowest BCUT2D eigenvalue weighted by Crippen LogP contribution is -2.17. The molecule has 0 aliphatic carbocycles. The number of rotatable bonds is 3. The van der Waals surface area contributed by atoms with Crippen LogP contribution < -0.4 is 11.1 Å². The molecule has 0 rings (SSSR count). The first-order chi connectivity index (χ1) is 3.27. The molecule has 8 heavy (non-hydrogen) atoms. The zero-order chi connectivity index (χ0) is 5.70. The minimum atomic E-state index is 0. The van der Waals surface area contributed by atoms with Gasteiger partial charge in [-0.05, 0) is 7.05 Å². The molecule has 0 radical (unpaired) electrons. The summed E-state index contributed by atoms with van der Waals surface area (Å²) in [5.74, 6) is 0.245. The number of hydrogen-bond acceptors (Lipinski definition) is 2. The smallest absolute Gasteiger partial charge is 0.0918 e. The number of halogens is 1. The quantitative estimate of drug-likeness (QED) is 0.378. The van der Waals surface area contributed by atoms with Gasteiger partial charge in [-0.15, -0.1) is 12.4 Å². The van der Waals surface area contributed by atoms with Crippen molar-refractivity contribution in [2.24, 2.45) is 5.73 Å². The second-order valence-electron chi connectivity index (χ2n) is 1.38. The molecule has 0 saturated carbocycles. The van der Waals surface area contributed by atoms with Crippen LogP contribution >= 0.6 is 12.4 Å². The van der Waals surface area contributed by atoms with Gasteiger partial charge in [0.1, 0.15) is 0 Å². The standard InChI is InChI=1S/C4H11N3.ClH/c1-7-3-2-4(5)6;/h7H,2-3H2,1H3,(H3,5,6);1H. The fourth-order valence-electron chi connectivity index (χ4n) is 0.260. The second kappa shape index (κ2) is 6.72. The molecular weight excluding hydrogens is 126 g/mol. The largest absolute Gasteiger partial charge is 0.388 e. The number of nitrogens with two attached hydrogens (primary N) is 1. The van der Waals surface area contributed by atoms with E-state index < -0.39 is 0 Å². The van der Waals surface area contributed by atoms with E-state index in [0.29, 0.717) is 6.42 Å². The van der Waals surface area contributed by atoms with E-state index in [1.165, 1.54) is 0 Å². The van der Waals surface area contributed by atoms with E-state index in [0.717, 1.165) is 6.54 Å². The Labute approximate surface area is 55.6 Å². The number of amidine groups is 1. The average molecular weight is 138 g/mol. The molecule has 0 amide bonds. The topological polar surface area (TPSA) is 61.9 Å². The van der Waals surface area contributed by atoms with Gasteiger partial charge >= 0.3 is 0 Å². The molecule has 0 unspecified atom stereocenters. The first-order valence-corrected chi connectivity index (χ1v) is 2.25. The van der Waals surface area contributed by atoms with Crippen molar-refractivity contribution in [1.29, 1.82) is 5.41 Å². The Morgan fingerprint density at radius 1 is 1.75 bits per heavy atom. The molecule has 0 aliphatic rings. The molecule has 0 aromatic rings.